The summed E-state index contributed by atoms with van der Waals surface area (Å²) in [7, 11) is -2.28. The Morgan fingerprint density at radius 1 is 1.10 bits per heavy atom. The highest BCUT2D eigenvalue weighted by atomic mass is 32.2. The molecule has 1 heterocycles. The van der Waals surface area contributed by atoms with Crippen LogP contribution in [0, 0.1) is 17.8 Å². The summed E-state index contributed by atoms with van der Waals surface area (Å²) in [5.74, 6) is 1.10. The molecule has 2 aliphatic rings. The fourth-order valence-electron chi connectivity index (χ4n) is 4.74. The maximum atomic E-state index is 13.4. The summed E-state index contributed by atoms with van der Waals surface area (Å²) in [5, 5.41) is 3.11. The van der Waals surface area contributed by atoms with Gasteiger partial charge in [-0.1, -0.05) is 33.6 Å². The zero-order valence-electron chi connectivity index (χ0n) is 18.0. The van der Waals surface area contributed by atoms with Gasteiger partial charge in [0.25, 0.3) is 5.91 Å². The monoisotopic (exact) mass is 422 g/mol. The Balaban J connectivity index is 1.87. The predicted molar refractivity (Wildman–Crippen MR) is 114 cm³/mol. The Labute approximate surface area is 175 Å². The second-order valence-corrected chi connectivity index (χ2v) is 10.9. The molecule has 1 aromatic rings. The highest BCUT2D eigenvalue weighted by Crippen LogP contribution is 2.32. The number of carbonyl (C=O) groups is 1. The second-order valence-electron chi connectivity index (χ2n) is 8.98. The molecule has 1 aromatic carbocycles. The third-order valence-corrected chi connectivity index (χ3v) is 8.16. The molecule has 7 heteroatoms. The summed E-state index contributed by atoms with van der Waals surface area (Å²) in [6.07, 6.45) is 5.41. The molecule has 1 saturated carbocycles. The standard InChI is InChI=1S/C22H34N2O4S/c1-15-11-16(2)14-24(13-15)29(26,27)21-12-18(9-10-20(21)28-4)22(25)23-19-8-6-5-7-17(19)3/h9-10,12,15-17,19H,5-8,11,13-14H2,1-4H3,(H,23,25). The van der Waals surface area contributed by atoms with E-state index in [0.717, 1.165) is 25.7 Å². The van der Waals surface area contributed by atoms with E-state index in [4.69, 9.17) is 4.74 Å². The van der Waals surface area contributed by atoms with Gasteiger partial charge in [0, 0.05) is 24.7 Å². The largest absolute Gasteiger partial charge is 0.495 e. The van der Waals surface area contributed by atoms with Crippen molar-refractivity contribution in [1.82, 2.24) is 9.62 Å². The molecule has 4 unspecified atom stereocenters. The minimum Gasteiger partial charge on any atom is -0.495 e. The third-order valence-electron chi connectivity index (χ3n) is 6.31. The van der Waals surface area contributed by atoms with E-state index in [2.05, 4.69) is 26.1 Å². The molecular weight excluding hydrogens is 388 g/mol. The van der Waals surface area contributed by atoms with Crippen LogP contribution in [-0.2, 0) is 10.0 Å². The van der Waals surface area contributed by atoms with Crippen molar-refractivity contribution in [2.75, 3.05) is 20.2 Å². The molecule has 6 nitrogen and oxygen atoms in total. The van der Waals surface area contributed by atoms with Crippen molar-refractivity contribution in [2.24, 2.45) is 17.8 Å². The molecule has 1 saturated heterocycles. The lowest BCUT2D eigenvalue weighted by molar-refractivity contribution is 0.0910. The zero-order chi connectivity index (χ0) is 21.2. The Kier molecular flexibility index (Phi) is 6.89. The minimum atomic E-state index is -3.74. The molecular formula is C22H34N2O4S. The highest BCUT2D eigenvalue weighted by molar-refractivity contribution is 7.89. The average Bonchev–Trinajstić information content (AvgIpc) is 2.68. The maximum absolute atomic E-state index is 13.4. The summed E-state index contributed by atoms with van der Waals surface area (Å²) >= 11 is 0. The first kappa shape index (κ1) is 22.1. The SMILES string of the molecule is COc1ccc(C(=O)NC2CCCCC2C)cc1S(=O)(=O)N1CC(C)CC(C)C1. The average molecular weight is 423 g/mol. The van der Waals surface area contributed by atoms with Crippen LogP contribution in [0.15, 0.2) is 23.1 Å². The maximum Gasteiger partial charge on any atom is 0.251 e. The predicted octanol–water partition coefficient (Wildman–Crippen LogP) is 3.67. The first-order valence-electron chi connectivity index (χ1n) is 10.7. The Morgan fingerprint density at radius 2 is 1.76 bits per heavy atom. The quantitative estimate of drug-likeness (QED) is 0.786. The van der Waals surface area contributed by atoms with Crippen molar-refractivity contribution in [1.29, 1.82) is 0 Å². The van der Waals surface area contributed by atoms with E-state index in [9.17, 15) is 13.2 Å². The van der Waals surface area contributed by atoms with Crippen molar-refractivity contribution in [2.45, 2.75) is 63.8 Å². The van der Waals surface area contributed by atoms with Gasteiger partial charge in [-0.3, -0.25) is 4.79 Å². The molecule has 1 N–H and O–H groups in total. The van der Waals surface area contributed by atoms with Crippen LogP contribution >= 0.6 is 0 Å². The van der Waals surface area contributed by atoms with Crippen LogP contribution in [0.3, 0.4) is 0 Å². The second kappa shape index (κ2) is 9.04. The van der Waals surface area contributed by atoms with Gasteiger partial charge in [0.2, 0.25) is 10.0 Å². The zero-order valence-corrected chi connectivity index (χ0v) is 18.8. The summed E-state index contributed by atoms with van der Waals surface area (Å²) in [6.45, 7) is 7.29. The van der Waals surface area contributed by atoms with Crippen molar-refractivity contribution in [3.63, 3.8) is 0 Å². The molecule has 29 heavy (non-hydrogen) atoms. The van der Waals surface area contributed by atoms with E-state index in [-0.39, 0.29) is 22.6 Å². The number of benzene rings is 1. The van der Waals surface area contributed by atoms with Gasteiger partial charge in [0.15, 0.2) is 0 Å². The summed E-state index contributed by atoms with van der Waals surface area (Å²) in [5.41, 5.74) is 0.361. The van der Waals surface area contributed by atoms with Gasteiger partial charge >= 0.3 is 0 Å². The number of nitrogens with one attached hydrogen (secondary N) is 1. The molecule has 0 bridgehead atoms. The molecule has 1 aliphatic carbocycles. The minimum absolute atomic E-state index is 0.0747. The molecule has 0 aromatic heterocycles. The number of carbonyl (C=O) groups excluding carboxylic acids is 1. The van der Waals surface area contributed by atoms with E-state index >= 15 is 0 Å². The van der Waals surface area contributed by atoms with E-state index in [1.165, 1.54) is 23.9 Å². The van der Waals surface area contributed by atoms with Crippen molar-refractivity contribution < 1.29 is 17.9 Å². The van der Waals surface area contributed by atoms with Crippen molar-refractivity contribution >= 4 is 15.9 Å². The van der Waals surface area contributed by atoms with Crippen LogP contribution in [0.5, 0.6) is 5.75 Å². The number of rotatable bonds is 5. The Bertz CT molecular complexity index is 829. The lowest BCUT2D eigenvalue weighted by Gasteiger charge is -2.34. The number of hydrogen-bond donors (Lipinski definition) is 1. The molecule has 3 rings (SSSR count). The van der Waals surface area contributed by atoms with Gasteiger partial charge in [-0.05, 0) is 55.2 Å². The van der Waals surface area contributed by atoms with Crippen molar-refractivity contribution in [3.05, 3.63) is 23.8 Å². The van der Waals surface area contributed by atoms with E-state index in [1.807, 2.05) is 0 Å². The first-order valence-corrected chi connectivity index (χ1v) is 12.2. The lowest BCUT2D eigenvalue weighted by atomic mass is 9.86. The van der Waals surface area contributed by atoms with Gasteiger partial charge in [0.1, 0.15) is 10.6 Å². The van der Waals surface area contributed by atoms with E-state index in [0.29, 0.717) is 36.4 Å². The Morgan fingerprint density at radius 3 is 2.38 bits per heavy atom. The molecule has 4 atom stereocenters. The number of methoxy groups -OCH3 is 1. The first-order chi connectivity index (χ1) is 13.7. The van der Waals surface area contributed by atoms with Gasteiger partial charge in [-0.25, -0.2) is 8.42 Å². The lowest BCUT2D eigenvalue weighted by Crippen LogP contribution is -2.43. The number of ether oxygens (including phenoxy) is 1. The number of nitrogens with zero attached hydrogens (tertiary/aromatic N) is 1. The van der Waals surface area contributed by atoms with Gasteiger partial charge in [0.05, 0.1) is 7.11 Å². The molecule has 2 fully saturated rings. The number of sulfonamides is 1. The van der Waals surface area contributed by atoms with Gasteiger partial charge in [-0.2, -0.15) is 4.31 Å². The number of piperidine rings is 1. The van der Waals surface area contributed by atoms with E-state index < -0.39 is 10.0 Å². The topological polar surface area (TPSA) is 75.7 Å². The normalized spacial score (nSPS) is 28.7. The fraction of sp³-hybridized carbons (Fsp3) is 0.682. The van der Waals surface area contributed by atoms with Gasteiger partial charge in [-0.15, -0.1) is 0 Å². The van der Waals surface area contributed by atoms with Crippen molar-refractivity contribution in [3.8, 4) is 5.75 Å². The van der Waals surface area contributed by atoms with Crippen LogP contribution < -0.4 is 10.1 Å². The molecule has 1 amide bonds. The van der Waals surface area contributed by atoms with Crippen LogP contribution in [0.1, 0.15) is 63.2 Å². The summed E-state index contributed by atoms with van der Waals surface area (Å²) in [6, 6.07) is 4.84. The summed E-state index contributed by atoms with van der Waals surface area (Å²) < 4.78 is 33.7. The number of hydrogen-bond acceptors (Lipinski definition) is 4. The van der Waals surface area contributed by atoms with Crippen LogP contribution in [0.4, 0.5) is 0 Å². The van der Waals surface area contributed by atoms with E-state index in [1.54, 1.807) is 12.1 Å². The molecule has 0 spiro atoms. The summed E-state index contributed by atoms with van der Waals surface area (Å²) in [4.78, 5) is 12.9. The smallest absolute Gasteiger partial charge is 0.251 e. The molecule has 162 valence electrons. The van der Waals surface area contributed by atoms with Crippen LogP contribution in [-0.4, -0.2) is 44.9 Å². The van der Waals surface area contributed by atoms with Crippen LogP contribution in [0.25, 0.3) is 0 Å². The molecule has 1 aliphatic heterocycles. The number of amides is 1. The van der Waals surface area contributed by atoms with Crippen LogP contribution in [0.2, 0.25) is 0 Å². The fourth-order valence-corrected chi connectivity index (χ4v) is 6.60. The molecule has 0 radical (unpaired) electrons. The Hall–Kier alpha value is -1.60. The third kappa shape index (κ3) is 4.94. The highest BCUT2D eigenvalue weighted by Gasteiger charge is 2.34. The van der Waals surface area contributed by atoms with Gasteiger partial charge < -0.3 is 10.1 Å².